The number of benzene rings is 5. The third-order valence-electron chi connectivity index (χ3n) is 6.44. The van der Waals surface area contributed by atoms with E-state index in [-0.39, 0.29) is 11.7 Å². The van der Waals surface area contributed by atoms with Gasteiger partial charge in [-0.3, -0.25) is 10.2 Å². The topological polar surface area (TPSA) is 92.1 Å². The lowest BCUT2D eigenvalue weighted by Crippen LogP contribution is -2.22. The maximum absolute atomic E-state index is 14.4. The molecular weight excluding hydrogens is 460 g/mol. The Kier molecular flexibility index (Phi) is 4.93. The van der Waals surface area contributed by atoms with Gasteiger partial charge in [-0.15, -0.1) is 0 Å². The number of furan rings is 2. The molecule has 5 nitrogen and oxygen atoms in total. The van der Waals surface area contributed by atoms with Gasteiger partial charge in [0.2, 0.25) is 0 Å². The normalized spacial score (nSPS) is 11.5. The summed E-state index contributed by atoms with van der Waals surface area (Å²) < 4.78 is 33.8. The summed E-state index contributed by atoms with van der Waals surface area (Å²) in [6.45, 7) is 0.327. The van der Waals surface area contributed by atoms with Crippen molar-refractivity contribution in [2.75, 3.05) is 0 Å². The lowest BCUT2D eigenvalue weighted by molar-refractivity contribution is 0.0951. The number of hydrogen-bond donors (Lipinski definition) is 3. The van der Waals surface area contributed by atoms with Crippen molar-refractivity contribution in [3.8, 4) is 11.1 Å². The second-order valence-corrected chi connectivity index (χ2v) is 8.70. The van der Waals surface area contributed by atoms with Gasteiger partial charge in [0.05, 0.1) is 0 Å². The molecule has 0 spiro atoms. The smallest absolute Gasteiger partial charge is 0.251 e. The summed E-state index contributed by atoms with van der Waals surface area (Å²) in [6.07, 6.45) is 0. The summed E-state index contributed by atoms with van der Waals surface area (Å²) in [7, 11) is 0. The van der Waals surface area contributed by atoms with Crippen molar-refractivity contribution >= 4 is 44.5 Å². The van der Waals surface area contributed by atoms with Crippen molar-refractivity contribution in [2.24, 2.45) is 5.73 Å². The number of carbonyl (C=O) groups excluding carboxylic acids is 1. The number of nitrogens with one attached hydrogen (secondary N) is 2. The van der Waals surface area contributed by atoms with E-state index < -0.39 is 11.6 Å². The summed E-state index contributed by atoms with van der Waals surface area (Å²) in [5.74, 6) is -1.50. The number of nitrogens with two attached hydrogens (primary N) is 1. The van der Waals surface area contributed by atoms with Crippen molar-refractivity contribution < 1.29 is 18.0 Å². The average molecular weight is 479 g/mol. The molecule has 2 heterocycles. The van der Waals surface area contributed by atoms with E-state index in [1.807, 2.05) is 30.3 Å². The van der Waals surface area contributed by atoms with Gasteiger partial charge in [-0.2, -0.15) is 0 Å². The molecule has 4 aromatic carbocycles. The number of carbonyl (C=O) groups is 1. The molecule has 0 aliphatic carbocycles. The van der Waals surface area contributed by atoms with Gasteiger partial charge in [0, 0.05) is 50.8 Å². The molecule has 0 aliphatic heterocycles. The van der Waals surface area contributed by atoms with E-state index in [0.29, 0.717) is 40.0 Å². The SMILES string of the molecule is N=C(N)c1ccc(CNC(=O)c2ccc3c(c2)c2oc3c3ccc(-c4ccc(F)cc4F)cc32)cc1. The zero-order valence-electron chi connectivity index (χ0n) is 18.9. The van der Waals surface area contributed by atoms with Crippen LogP contribution in [0, 0.1) is 17.0 Å². The first-order valence-electron chi connectivity index (χ1n) is 11.3. The fraction of sp³-hybridized carbons (Fsp3) is 0.0345. The van der Waals surface area contributed by atoms with Gasteiger partial charge in [-0.1, -0.05) is 30.3 Å². The minimum absolute atomic E-state index is 0.00731. The molecule has 2 bridgehead atoms. The molecule has 1 amide bonds. The first-order valence-corrected chi connectivity index (χ1v) is 11.3. The van der Waals surface area contributed by atoms with Crippen molar-refractivity contribution in [2.45, 2.75) is 6.54 Å². The van der Waals surface area contributed by atoms with E-state index >= 15 is 0 Å². The highest BCUT2D eigenvalue weighted by atomic mass is 19.1. The lowest BCUT2D eigenvalue weighted by atomic mass is 9.97. The van der Waals surface area contributed by atoms with E-state index in [1.165, 1.54) is 12.1 Å². The zero-order valence-corrected chi connectivity index (χ0v) is 18.9. The van der Waals surface area contributed by atoms with Gasteiger partial charge in [0.25, 0.3) is 5.91 Å². The van der Waals surface area contributed by atoms with Crippen LogP contribution in [0.2, 0.25) is 0 Å². The minimum Gasteiger partial charge on any atom is -0.455 e. The first kappa shape index (κ1) is 21.7. The van der Waals surface area contributed by atoms with Crippen LogP contribution < -0.4 is 11.1 Å². The van der Waals surface area contributed by atoms with Crippen LogP contribution in [0.4, 0.5) is 8.78 Å². The quantitative estimate of drug-likeness (QED) is 0.153. The molecule has 0 saturated carbocycles. The van der Waals surface area contributed by atoms with Crippen molar-refractivity contribution in [3.63, 3.8) is 0 Å². The molecule has 0 saturated heterocycles. The highest BCUT2D eigenvalue weighted by Crippen LogP contribution is 2.42. The highest BCUT2D eigenvalue weighted by molar-refractivity contribution is 6.26. The Labute approximate surface area is 204 Å². The summed E-state index contributed by atoms with van der Waals surface area (Å²) in [6, 6.07) is 21.5. The van der Waals surface area contributed by atoms with Crippen LogP contribution in [0.15, 0.2) is 83.3 Å². The van der Waals surface area contributed by atoms with E-state index in [0.717, 1.165) is 33.2 Å². The number of fused-ring (bicyclic) bond motifs is 8. The van der Waals surface area contributed by atoms with Crippen LogP contribution >= 0.6 is 0 Å². The van der Waals surface area contributed by atoms with Crippen LogP contribution in [0.5, 0.6) is 0 Å². The van der Waals surface area contributed by atoms with Gasteiger partial charge in [-0.05, 0) is 53.6 Å². The number of rotatable bonds is 5. The largest absolute Gasteiger partial charge is 0.455 e. The zero-order chi connectivity index (χ0) is 25.0. The summed E-state index contributed by atoms with van der Waals surface area (Å²) in [5, 5.41) is 13.8. The number of amidine groups is 1. The van der Waals surface area contributed by atoms with Crippen LogP contribution in [-0.2, 0) is 6.54 Å². The summed E-state index contributed by atoms with van der Waals surface area (Å²) in [4.78, 5) is 12.9. The Morgan fingerprint density at radius 3 is 2.19 bits per heavy atom. The Bertz CT molecular complexity index is 1810. The summed E-state index contributed by atoms with van der Waals surface area (Å²) >= 11 is 0. The second kappa shape index (κ2) is 8.16. The molecule has 4 N–H and O–H groups in total. The maximum atomic E-state index is 14.4. The molecule has 176 valence electrons. The van der Waals surface area contributed by atoms with Gasteiger partial charge < -0.3 is 15.5 Å². The first-order chi connectivity index (χ1) is 17.4. The van der Waals surface area contributed by atoms with Gasteiger partial charge in [-0.25, -0.2) is 8.78 Å². The predicted octanol–water partition coefficient (Wildman–Crippen LogP) is 6.34. The second-order valence-electron chi connectivity index (χ2n) is 8.70. The molecule has 0 aliphatic rings. The van der Waals surface area contributed by atoms with E-state index in [2.05, 4.69) is 5.32 Å². The molecule has 6 rings (SSSR count). The van der Waals surface area contributed by atoms with E-state index in [1.54, 1.807) is 30.3 Å². The average Bonchev–Trinajstić information content (AvgIpc) is 3.44. The fourth-order valence-electron chi connectivity index (χ4n) is 4.59. The number of nitrogen functional groups attached to an aromatic ring is 1. The van der Waals surface area contributed by atoms with E-state index in [9.17, 15) is 13.6 Å². The lowest BCUT2D eigenvalue weighted by Gasteiger charge is -2.08. The predicted molar refractivity (Wildman–Crippen MR) is 136 cm³/mol. The van der Waals surface area contributed by atoms with E-state index in [4.69, 9.17) is 15.6 Å². The van der Waals surface area contributed by atoms with Gasteiger partial charge in [0.1, 0.15) is 28.6 Å². The van der Waals surface area contributed by atoms with Crippen molar-refractivity contribution in [1.82, 2.24) is 5.32 Å². The maximum Gasteiger partial charge on any atom is 0.251 e. The Hall–Kier alpha value is -4.78. The molecule has 6 aromatic rings. The molecule has 0 radical (unpaired) electrons. The Morgan fingerprint density at radius 2 is 1.47 bits per heavy atom. The number of hydrogen-bond acceptors (Lipinski definition) is 3. The summed E-state index contributed by atoms with van der Waals surface area (Å²) in [5.41, 5.74) is 9.72. The molecular formula is C29H19F2N3O2. The Balaban J connectivity index is 1.32. The highest BCUT2D eigenvalue weighted by Gasteiger charge is 2.20. The monoisotopic (exact) mass is 479 g/mol. The van der Waals surface area contributed by atoms with Gasteiger partial charge >= 0.3 is 0 Å². The third-order valence-corrected chi connectivity index (χ3v) is 6.44. The Morgan fingerprint density at radius 1 is 0.806 bits per heavy atom. The molecule has 0 unspecified atom stereocenters. The van der Waals surface area contributed by atoms with Crippen molar-refractivity contribution in [1.29, 1.82) is 5.41 Å². The minimum atomic E-state index is -0.632. The number of amides is 1. The van der Waals surface area contributed by atoms with Gasteiger partial charge in [0.15, 0.2) is 0 Å². The van der Waals surface area contributed by atoms with Crippen LogP contribution in [0.1, 0.15) is 21.5 Å². The van der Waals surface area contributed by atoms with Crippen LogP contribution in [0.3, 0.4) is 0 Å². The molecule has 2 aromatic heterocycles. The molecule has 7 heteroatoms. The molecule has 36 heavy (non-hydrogen) atoms. The van der Waals surface area contributed by atoms with Crippen LogP contribution in [-0.4, -0.2) is 11.7 Å². The van der Waals surface area contributed by atoms with Crippen LogP contribution in [0.25, 0.3) is 43.8 Å². The van der Waals surface area contributed by atoms with Crippen molar-refractivity contribution in [3.05, 3.63) is 107 Å². The standard InChI is InChI=1S/C29H19F2N3O2/c30-19-7-10-20(25(31)13-19)17-5-8-21-23(11-17)27-24-12-18(6-9-22(24)26(21)36-27)29(35)34-14-15-1-3-16(4-2-15)28(32)33/h1-13H,14H2,(H3,32,33)(H,34,35). The molecule has 0 atom stereocenters. The third kappa shape index (κ3) is 3.53. The fourth-order valence-corrected chi connectivity index (χ4v) is 4.59. The molecule has 0 fully saturated rings. The number of halogens is 2.